The third-order valence-electron chi connectivity index (χ3n) is 3.09. The van der Waals surface area contributed by atoms with Crippen LogP contribution in [0.3, 0.4) is 0 Å². The normalized spacial score (nSPS) is 13.2. The van der Waals surface area contributed by atoms with Crippen LogP contribution in [0.25, 0.3) is 0 Å². The van der Waals surface area contributed by atoms with Gasteiger partial charge in [-0.05, 0) is 55.2 Å². The van der Waals surface area contributed by atoms with E-state index in [0.29, 0.717) is 12.5 Å². The van der Waals surface area contributed by atoms with E-state index in [2.05, 4.69) is 65.3 Å². The molecule has 0 aliphatic carbocycles. The van der Waals surface area contributed by atoms with Gasteiger partial charge in [0, 0.05) is 5.92 Å². The summed E-state index contributed by atoms with van der Waals surface area (Å²) in [7, 11) is 1.64. The molecule has 0 fully saturated rings. The average molecular weight is 412 g/mol. The molecule has 0 saturated heterocycles. The Labute approximate surface area is 137 Å². The molecule has 2 nitrogen and oxygen atoms in total. The smallest absolute Gasteiger partial charge is 0.134 e. The molecule has 1 atom stereocenters. The van der Waals surface area contributed by atoms with Gasteiger partial charge in [-0.25, -0.2) is 0 Å². The van der Waals surface area contributed by atoms with Crippen molar-refractivity contribution in [2.75, 3.05) is 19.5 Å². The highest BCUT2D eigenvalue weighted by Gasteiger charge is 2.24. The van der Waals surface area contributed by atoms with E-state index in [1.165, 1.54) is 0 Å². The van der Waals surface area contributed by atoms with Crippen LogP contribution in [0.2, 0.25) is 0 Å². The van der Waals surface area contributed by atoms with Crippen LogP contribution in [0.1, 0.15) is 20.8 Å². The molecule has 1 unspecified atom stereocenters. The van der Waals surface area contributed by atoms with Crippen molar-refractivity contribution >= 4 is 44.5 Å². The molecule has 0 N–H and O–H groups in total. The molecule has 1 rings (SSSR count). The van der Waals surface area contributed by atoms with Crippen LogP contribution in [-0.4, -0.2) is 19.5 Å². The van der Waals surface area contributed by atoms with E-state index in [1.54, 1.807) is 7.11 Å². The summed E-state index contributed by atoms with van der Waals surface area (Å²) in [5.74, 6) is 2.78. The summed E-state index contributed by atoms with van der Waals surface area (Å²) >= 11 is 11.4. The van der Waals surface area contributed by atoms with Crippen LogP contribution in [0.4, 0.5) is 0 Å². The van der Waals surface area contributed by atoms with Crippen LogP contribution >= 0.6 is 44.5 Å². The van der Waals surface area contributed by atoms with Crippen LogP contribution < -0.4 is 9.47 Å². The minimum absolute atomic E-state index is 0.179. The molecule has 0 bridgehead atoms. The van der Waals surface area contributed by atoms with Gasteiger partial charge in [0.05, 0.1) is 22.7 Å². The predicted octanol–water partition coefficient (Wildman–Crippen LogP) is 5.19. The fourth-order valence-corrected chi connectivity index (χ4v) is 3.12. The number of benzene rings is 1. The first-order valence-electron chi connectivity index (χ1n) is 6.06. The fraction of sp³-hybridized carbons (Fsp3) is 0.571. The van der Waals surface area contributed by atoms with Crippen molar-refractivity contribution in [2.24, 2.45) is 11.3 Å². The summed E-state index contributed by atoms with van der Waals surface area (Å²) in [6, 6.07) is 3.81. The second kappa shape index (κ2) is 7.23. The third-order valence-corrected chi connectivity index (χ3v) is 4.77. The Morgan fingerprint density at radius 1 is 1.16 bits per heavy atom. The quantitative estimate of drug-likeness (QED) is 0.672. The lowest BCUT2D eigenvalue weighted by Crippen LogP contribution is -2.28. The van der Waals surface area contributed by atoms with Crippen LogP contribution in [0.5, 0.6) is 11.5 Å². The van der Waals surface area contributed by atoms with Gasteiger partial charge in [-0.3, -0.25) is 0 Å². The fourth-order valence-electron chi connectivity index (χ4n) is 1.54. The molecule has 0 heterocycles. The molecule has 108 valence electrons. The number of thiol groups is 1. The van der Waals surface area contributed by atoms with Gasteiger partial charge in [0.1, 0.15) is 11.5 Å². The summed E-state index contributed by atoms with van der Waals surface area (Å²) < 4.78 is 12.9. The first kappa shape index (κ1) is 17.2. The molecule has 0 spiro atoms. The van der Waals surface area contributed by atoms with Gasteiger partial charge in [-0.15, -0.1) is 0 Å². The van der Waals surface area contributed by atoms with Crippen molar-refractivity contribution in [3.8, 4) is 11.5 Å². The SMILES string of the molecule is COc1cc(Br)c(OCC(CS)C(C)(C)C)cc1Br. The number of halogens is 2. The molecular formula is C14H20Br2O2S. The van der Waals surface area contributed by atoms with E-state index in [-0.39, 0.29) is 5.41 Å². The highest BCUT2D eigenvalue weighted by atomic mass is 79.9. The summed E-state index contributed by atoms with van der Waals surface area (Å²) in [6.07, 6.45) is 0. The first-order chi connectivity index (χ1) is 8.79. The Morgan fingerprint density at radius 2 is 1.68 bits per heavy atom. The summed E-state index contributed by atoms with van der Waals surface area (Å²) in [4.78, 5) is 0. The predicted molar refractivity (Wildman–Crippen MR) is 90.7 cm³/mol. The minimum Gasteiger partial charge on any atom is -0.496 e. The van der Waals surface area contributed by atoms with E-state index < -0.39 is 0 Å². The minimum atomic E-state index is 0.179. The van der Waals surface area contributed by atoms with E-state index >= 15 is 0 Å². The van der Waals surface area contributed by atoms with Crippen LogP contribution in [-0.2, 0) is 0 Å². The van der Waals surface area contributed by atoms with E-state index in [9.17, 15) is 0 Å². The Balaban J connectivity index is 2.81. The number of ether oxygens (including phenoxy) is 2. The molecule has 0 aliphatic heterocycles. The summed E-state index contributed by atoms with van der Waals surface area (Å²) in [5, 5.41) is 0. The van der Waals surface area contributed by atoms with E-state index in [0.717, 1.165) is 26.2 Å². The van der Waals surface area contributed by atoms with E-state index in [4.69, 9.17) is 9.47 Å². The molecule has 19 heavy (non-hydrogen) atoms. The van der Waals surface area contributed by atoms with E-state index in [1.807, 2.05) is 12.1 Å². The number of hydrogen-bond donors (Lipinski definition) is 1. The molecular weight excluding hydrogens is 392 g/mol. The highest BCUT2D eigenvalue weighted by molar-refractivity contribution is 9.11. The molecule has 1 aromatic rings. The topological polar surface area (TPSA) is 18.5 Å². The average Bonchev–Trinajstić information content (AvgIpc) is 2.31. The maximum atomic E-state index is 5.92. The van der Waals surface area contributed by atoms with Crippen molar-refractivity contribution in [2.45, 2.75) is 20.8 Å². The molecule has 1 aromatic carbocycles. The van der Waals surface area contributed by atoms with Gasteiger partial charge in [-0.2, -0.15) is 12.6 Å². The lowest BCUT2D eigenvalue weighted by atomic mass is 9.82. The zero-order chi connectivity index (χ0) is 14.6. The Hall–Kier alpha value is 0.130. The monoisotopic (exact) mass is 410 g/mol. The third kappa shape index (κ3) is 4.87. The van der Waals surface area contributed by atoms with Crippen molar-refractivity contribution in [1.82, 2.24) is 0 Å². The van der Waals surface area contributed by atoms with Crippen LogP contribution in [0, 0.1) is 11.3 Å². The second-order valence-electron chi connectivity index (χ2n) is 5.47. The van der Waals surface area contributed by atoms with Gasteiger partial charge in [0.15, 0.2) is 0 Å². The first-order valence-corrected chi connectivity index (χ1v) is 8.28. The maximum absolute atomic E-state index is 5.92. The summed E-state index contributed by atoms with van der Waals surface area (Å²) in [6.45, 7) is 7.26. The highest BCUT2D eigenvalue weighted by Crippen LogP contribution is 2.37. The number of rotatable bonds is 5. The molecule has 0 amide bonds. The zero-order valence-electron chi connectivity index (χ0n) is 11.7. The van der Waals surface area contributed by atoms with Crippen molar-refractivity contribution in [3.63, 3.8) is 0 Å². The number of methoxy groups -OCH3 is 1. The van der Waals surface area contributed by atoms with Crippen LogP contribution in [0.15, 0.2) is 21.1 Å². The van der Waals surface area contributed by atoms with Crippen molar-refractivity contribution < 1.29 is 9.47 Å². The Bertz CT molecular complexity index is 430. The largest absolute Gasteiger partial charge is 0.496 e. The molecule has 0 aliphatic rings. The second-order valence-corrected chi connectivity index (χ2v) is 7.55. The number of hydrogen-bond acceptors (Lipinski definition) is 3. The van der Waals surface area contributed by atoms with Gasteiger partial charge in [0.25, 0.3) is 0 Å². The lowest BCUT2D eigenvalue weighted by molar-refractivity contribution is 0.164. The van der Waals surface area contributed by atoms with Gasteiger partial charge in [0.2, 0.25) is 0 Å². The Kier molecular flexibility index (Phi) is 6.54. The molecule has 0 radical (unpaired) electrons. The van der Waals surface area contributed by atoms with Gasteiger partial charge < -0.3 is 9.47 Å². The van der Waals surface area contributed by atoms with Crippen molar-refractivity contribution in [3.05, 3.63) is 21.1 Å². The molecule has 0 aromatic heterocycles. The standard InChI is InChI=1S/C14H20Br2O2S/c1-14(2,3)9(8-19)7-18-13-6-10(15)12(17-4)5-11(13)16/h5-6,9,19H,7-8H2,1-4H3. The van der Waals surface area contributed by atoms with Gasteiger partial charge in [-0.1, -0.05) is 20.8 Å². The Morgan fingerprint density at radius 3 is 2.16 bits per heavy atom. The molecule has 0 saturated carbocycles. The zero-order valence-corrected chi connectivity index (χ0v) is 15.7. The lowest BCUT2D eigenvalue weighted by Gasteiger charge is -2.29. The van der Waals surface area contributed by atoms with Gasteiger partial charge >= 0.3 is 0 Å². The molecule has 5 heteroatoms. The maximum Gasteiger partial charge on any atom is 0.134 e. The van der Waals surface area contributed by atoms with Crippen molar-refractivity contribution in [1.29, 1.82) is 0 Å². The summed E-state index contributed by atoms with van der Waals surface area (Å²) in [5.41, 5.74) is 0.179.